The Balaban J connectivity index is 0.000000172. The van der Waals surface area contributed by atoms with Crippen molar-refractivity contribution in [1.82, 2.24) is 0 Å². The van der Waals surface area contributed by atoms with Crippen LogP contribution in [0.2, 0.25) is 20.1 Å². The van der Waals surface area contributed by atoms with Gasteiger partial charge in [-0.2, -0.15) is 26.3 Å². The molecule has 0 bridgehead atoms. The van der Waals surface area contributed by atoms with E-state index in [-0.39, 0.29) is 54.5 Å². The number of hydrogen-bond donors (Lipinski definition) is 1. The van der Waals surface area contributed by atoms with E-state index in [1.165, 1.54) is 36.4 Å². The molecule has 0 saturated carbocycles. The minimum absolute atomic E-state index is 0.0394. The molecule has 0 radical (unpaired) electrons. The molecule has 56 heavy (non-hydrogen) atoms. The molecule has 2 heterocycles. The zero-order chi connectivity index (χ0) is 40.2. The Kier molecular flexibility index (Phi) is 10.9. The third-order valence-corrected chi connectivity index (χ3v) is 11.3. The maximum atomic E-state index is 14.1. The zero-order valence-corrected chi connectivity index (χ0v) is 32.2. The molecule has 16 heteroatoms. The normalized spacial score (nSPS) is 23.2. The average molecular weight is 858 g/mol. The van der Waals surface area contributed by atoms with Gasteiger partial charge in [0, 0.05) is 62.1 Å². The molecule has 2 aliphatic carbocycles. The highest BCUT2D eigenvalue weighted by molar-refractivity contribution is 6.35. The second kappa shape index (κ2) is 15.2. The van der Waals surface area contributed by atoms with Crippen LogP contribution in [-0.4, -0.2) is 29.6 Å². The minimum atomic E-state index is -4.74. The van der Waals surface area contributed by atoms with Crippen molar-refractivity contribution >= 4 is 63.6 Å². The van der Waals surface area contributed by atoms with E-state index < -0.39 is 36.4 Å². The number of halogens is 10. The summed E-state index contributed by atoms with van der Waals surface area (Å²) >= 11 is 23.7. The maximum absolute atomic E-state index is 14.1. The lowest BCUT2D eigenvalue weighted by molar-refractivity contribution is -0.276. The van der Waals surface area contributed by atoms with Gasteiger partial charge in [0.15, 0.2) is 5.78 Å². The van der Waals surface area contributed by atoms with Gasteiger partial charge >= 0.3 is 12.4 Å². The fraction of sp³-hybridized carbons (Fsp3) is 0.325. The summed E-state index contributed by atoms with van der Waals surface area (Å²) in [5.74, 6) is 0.0515. The summed E-state index contributed by atoms with van der Waals surface area (Å²) < 4.78 is 84.4. The van der Waals surface area contributed by atoms with Crippen molar-refractivity contribution in [2.75, 3.05) is 0 Å². The number of rotatable bonds is 4. The molecule has 3 unspecified atom stereocenters. The molecule has 8 rings (SSSR count). The van der Waals surface area contributed by atoms with Crippen LogP contribution in [0.4, 0.5) is 26.3 Å². The number of alkyl halides is 6. The Morgan fingerprint density at radius 1 is 0.625 bits per heavy atom. The van der Waals surface area contributed by atoms with E-state index in [1.54, 1.807) is 24.3 Å². The molecule has 0 amide bonds. The second-order valence-electron chi connectivity index (χ2n) is 14.1. The number of hydrogen-bond acceptors (Lipinski definition) is 6. The molecule has 0 fully saturated rings. The summed E-state index contributed by atoms with van der Waals surface area (Å²) in [6, 6.07) is 18.0. The van der Waals surface area contributed by atoms with Crippen LogP contribution in [0, 0.1) is 0 Å². The highest BCUT2D eigenvalue weighted by Gasteiger charge is 2.63. The van der Waals surface area contributed by atoms with E-state index in [2.05, 4.69) is 10.3 Å². The van der Waals surface area contributed by atoms with E-state index >= 15 is 0 Å². The van der Waals surface area contributed by atoms with Crippen molar-refractivity contribution in [3.05, 3.63) is 137 Å². The quantitative estimate of drug-likeness (QED) is 0.207. The molecular formula is C40H31Cl4F6N3O3. The monoisotopic (exact) mass is 855 g/mol. The Morgan fingerprint density at radius 3 is 1.59 bits per heavy atom. The first-order valence-electron chi connectivity index (χ1n) is 17.5. The van der Waals surface area contributed by atoms with E-state index in [4.69, 9.17) is 61.8 Å². The van der Waals surface area contributed by atoms with Gasteiger partial charge in [-0.25, -0.2) is 0 Å². The minimum Gasteiger partial charge on any atom is -0.374 e. The number of nitrogens with zero attached hydrogens (tertiary/aromatic N) is 2. The highest BCUT2D eigenvalue weighted by atomic mass is 35.5. The third kappa shape index (κ3) is 7.63. The molecule has 0 saturated heterocycles. The SMILES string of the molecule is NC1CCCc2cc(C3=NOC(c4cc(Cl)cc(Cl)c4)(C(F)(F)F)C3)ccc21.O=C1CCCc2cc(C3=NOC(c4cc(Cl)cc(Cl)c4)(C(F)(F)F)C3)ccc21. The van der Waals surface area contributed by atoms with Gasteiger partial charge in [0.2, 0.25) is 0 Å². The van der Waals surface area contributed by atoms with Gasteiger partial charge in [-0.3, -0.25) is 4.79 Å². The number of aryl methyl sites for hydroxylation is 2. The van der Waals surface area contributed by atoms with Gasteiger partial charge in [-0.05, 0) is 108 Å². The van der Waals surface area contributed by atoms with Gasteiger partial charge in [0.1, 0.15) is 0 Å². The Morgan fingerprint density at radius 2 is 1.09 bits per heavy atom. The van der Waals surface area contributed by atoms with Crippen LogP contribution in [0.3, 0.4) is 0 Å². The van der Waals surface area contributed by atoms with Crippen molar-refractivity contribution in [3.8, 4) is 0 Å². The Labute approximate surface area is 337 Å². The lowest BCUT2D eigenvalue weighted by atomic mass is 9.83. The van der Waals surface area contributed by atoms with E-state index in [0.29, 0.717) is 29.5 Å². The number of ketones is 1. The van der Waals surface area contributed by atoms with Crippen molar-refractivity contribution < 1.29 is 40.8 Å². The van der Waals surface area contributed by atoms with E-state index in [9.17, 15) is 31.1 Å². The van der Waals surface area contributed by atoms with Crippen LogP contribution in [0.5, 0.6) is 0 Å². The highest BCUT2D eigenvalue weighted by Crippen LogP contribution is 2.51. The molecule has 6 nitrogen and oxygen atoms in total. The lowest BCUT2D eigenvalue weighted by Crippen LogP contribution is -2.42. The van der Waals surface area contributed by atoms with Crippen molar-refractivity contribution in [3.63, 3.8) is 0 Å². The summed E-state index contributed by atoms with van der Waals surface area (Å²) in [5.41, 5.74) is 5.51. The number of Topliss-reactive ketones (excluding diaryl/α,β-unsaturated/α-hetero) is 1. The van der Waals surface area contributed by atoms with Crippen LogP contribution in [0.1, 0.15) is 93.9 Å². The van der Waals surface area contributed by atoms with Crippen LogP contribution < -0.4 is 5.73 Å². The summed E-state index contributed by atoms with van der Waals surface area (Å²) in [4.78, 5) is 22.0. The first kappa shape index (κ1) is 40.4. The molecule has 2 aliphatic heterocycles. The Bertz CT molecular complexity index is 2240. The molecule has 4 aliphatic rings. The number of benzene rings is 4. The van der Waals surface area contributed by atoms with Gasteiger partial charge in [0.05, 0.1) is 11.4 Å². The van der Waals surface area contributed by atoms with Crippen molar-refractivity contribution in [2.45, 2.75) is 81.0 Å². The van der Waals surface area contributed by atoms with Gasteiger partial charge < -0.3 is 15.4 Å². The van der Waals surface area contributed by atoms with Gasteiger partial charge in [-0.15, -0.1) is 0 Å². The van der Waals surface area contributed by atoms with E-state index in [1.807, 2.05) is 12.1 Å². The van der Waals surface area contributed by atoms with Crippen LogP contribution in [0.15, 0.2) is 83.1 Å². The number of carbonyl (C=O) groups excluding carboxylic acids is 1. The van der Waals surface area contributed by atoms with E-state index in [0.717, 1.165) is 42.4 Å². The molecule has 2 N–H and O–H groups in total. The van der Waals surface area contributed by atoms with Crippen molar-refractivity contribution in [1.29, 1.82) is 0 Å². The summed E-state index contributed by atoms with van der Waals surface area (Å²) in [6.07, 6.45) is -5.79. The zero-order valence-electron chi connectivity index (χ0n) is 29.1. The summed E-state index contributed by atoms with van der Waals surface area (Å²) in [7, 11) is 0. The standard InChI is InChI=1S/C20H17Cl2F3N2O.C20H14Cl2F3NO2/c21-14-7-13(8-15(22)9-14)19(20(23,24)25)10-18(27-28-19)12-4-5-16-11(6-12)2-1-3-17(16)26;21-14-7-13(8-15(22)9-14)19(20(23,24)25)10-17(26-28-19)12-4-5-16-11(6-12)2-1-3-18(16)27/h4-9,17H,1-3,10,26H2;4-9H,1-3,10H2. The van der Waals surface area contributed by atoms with Crippen molar-refractivity contribution in [2.24, 2.45) is 16.0 Å². The largest absolute Gasteiger partial charge is 0.435 e. The predicted molar refractivity (Wildman–Crippen MR) is 203 cm³/mol. The maximum Gasteiger partial charge on any atom is 0.435 e. The van der Waals surface area contributed by atoms with Crippen LogP contribution in [0.25, 0.3) is 0 Å². The predicted octanol–water partition coefficient (Wildman–Crippen LogP) is 12.0. The molecule has 0 spiro atoms. The molecule has 3 atom stereocenters. The topological polar surface area (TPSA) is 86.3 Å². The van der Waals surface area contributed by atoms with Gasteiger partial charge in [0.25, 0.3) is 11.2 Å². The first-order valence-corrected chi connectivity index (χ1v) is 19.0. The molecule has 0 aromatic heterocycles. The lowest BCUT2D eigenvalue weighted by Gasteiger charge is -2.29. The third-order valence-electron chi connectivity index (χ3n) is 10.5. The molecule has 4 aromatic carbocycles. The molecule has 294 valence electrons. The fourth-order valence-electron chi connectivity index (χ4n) is 7.55. The van der Waals surface area contributed by atoms with Crippen LogP contribution in [-0.2, 0) is 33.7 Å². The summed E-state index contributed by atoms with van der Waals surface area (Å²) in [6.45, 7) is 0. The number of fused-ring (bicyclic) bond motifs is 2. The average Bonchev–Trinajstić information content (AvgIpc) is 3.79. The summed E-state index contributed by atoms with van der Waals surface area (Å²) in [5, 5.41) is 7.93. The van der Waals surface area contributed by atoms with Crippen LogP contribution >= 0.6 is 46.4 Å². The first-order chi connectivity index (χ1) is 26.4. The number of carbonyl (C=O) groups is 1. The fourth-order valence-corrected chi connectivity index (χ4v) is 8.60. The number of nitrogens with two attached hydrogens (primary N) is 1. The van der Waals surface area contributed by atoms with Gasteiger partial charge in [-0.1, -0.05) is 81.0 Å². The second-order valence-corrected chi connectivity index (χ2v) is 15.9. The smallest absolute Gasteiger partial charge is 0.374 e. The molecule has 4 aromatic rings. The number of oxime groups is 2. The molecular weight excluding hydrogens is 826 g/mol. The Hall–Kier alpha value is -3.81.